The quantitative estimate of drug-likeness (QED) is 0.719. The molecule has 1 aromatic heterocycles. The average molecular weight is 260 g/mol. The van der Waals surface area contributed by atoms with E-state index in [-0.39, 0.29) is 11.6 Å². The van der Waals surface area contributed by atoms with Crippen LogP contribution in [0.5, 0.6) is 0 Å². The van der Waals surface area contributed by atoms with E-state index in [9.17, 15) is 4.79 Å². The van der Waals surface area contributed by atoms with Gasteiger partial charge in [0.15, 0.2) is 0 Å². The Hall–Kier alpha value is -2.43. The number of hydrogen-bond donors (Lipinski definition) is 3. The maximum atomic E-state index is 11.2. The number of hydrogen-bond acceptors (Lipinski definition) is 4. The Kier molecular flexibility index (Phi) is 3.75. The van der Waals surface area contributed by atoms with Crippen LogP contribution in [0.1, 0.15) is 23.0 Å². The van der Waals surface area contributed by atoms with Crippen LogP contribution >= 0.6 is 0 Å². The summed E-state index contributed by atoms with van der Waals surface area (Å²) >= 11 is 0. The van der Waals surface area contributed by atoms with E-state index in [1.54, 1.807) is 18.4 Å². The zero-order valence-electron chi connectivity index (χ0n) is 10.6. The maximum absolute atomic E-state index is 11.2. The number of nitrogen functional groups attached to an aromatic ring is 1. The third-order valence-corrected chi connectivity index (χ3v) is 2.76. The standard InChI is InChI=1S/C14H16N2O3/c1-9(7-11-3-2-6-19-11)16-13-5-4-10(15)8-12(13)14(17)18/h2-6,8-9,16H,7,15H2,1H3,(H,17,18). The van der Waals surface area contributed by atoms with Crippen LogP contribution in [0.25, 0.3) is 0 Å². The topological polar surface area (TPSA) is 88.5 Å². The van der Waals surface area contributed by atoms with Crippen LogP contribution in [0.2, 0.25) is 0 Å². The third-order valence-electron chi connectivity index (χ3n) is 2.76. The molecule has 1 heterocycles. The minimum atomic E-state index is -1.00. The van der Waals surface area contributed by atoms with Gasteiger partial charge in [0, 0.05) is 23.8 Å². The van der Waals surface area contributed by atoms with Gasteiger partial charge >= 0.3 is 5.97 Å². The Bertz CT molecular complexity index is 564. The van der Waals surface area contributed by atoms with Crippen LogP contribution < -0.4 is 11.1 Å². The number of nitrogens with one attached hydrogen (secondary N) is 1. The fourth-order valence-electron chi connectivity index (χ4n) is 1.91. The summed E-state index contributed by atoms with van der Waals surface area (Å²) in [6.07, 6.45) is 2.30. The van der Waals surface area contributed by atoms with Crippen LogP contribution in [0.4, 0.5) is 11.4 Å². The molecule has 0 aliphatic heterocycles. The summed E-state index contributed by atoms with van der Waals surface area (Å²) in [5.41, 5.74) is 6.76. The fourth-order valence-corrected chi connectivity index (χ4v) is 1.91. The van der Waals surface area contributed by atoms with Crippen molar-refractivity contribution in [3.8, 4) is 0 Å². The lowest BCUT2D eigenvalue weighted by Crippen LogP contribution is -2.19. The van der Waals surface area contributed by atoms with Crippen molar-refractivity contribution in [3.63, 3.8) is 0 Å². The second-order valence-corrected chi connectivity index (χ2v) is 4.44. The normalized spacial score (nSPS) is 12.1. The van der Waals surface area contributed by atoms with Crippen LogP contribution in [0, 0.1) is 0 Å². The Balaban J connectivity index is 2.12. The minimum Gasteiger partial charge on any atom is -0.478 e. The predicted molar refractivity (Wildman–Crippen MR) is 73.3 cm³/mol. The first-order valence-corrected chi connectivity index (χ1v) is 5.98. The summed E-state index contributed by atoms with van der Waals surface area (Å²) in [6.45, 7) is 1.96. The number of benzene rings is 1. The fraction of sp³-hybridized carbons (Fsp3) is 0.214. The van der Waals surface area contributed by atoms with Crippen molar-refractivity contribution in [2.75, 3.05) is 11.1 Å². The summed E-state index contributed by atoms with van der Waals surface area (Å²) in [6, 6.07) is 8.57. The second-order valence-electron chi connectivity index (χ2n) is 4.44. The molecule has 0 aliphatic rings. The summed E-state index contributed by atoms with van der Waals surface area (Å²) in [4.78, 5) is 11.2. The van der Waals surface area contributed by atoms with Crippen LogP contribution in [-0.4, -0.2) is 17.1 Å². The second kappa shape index (κ2) is 5.48. The molecular weight excluding hydrogens is 244 g/mol. The molecular formula is C14H16N2O3. The van der Waals surface area contributed by atoms with Crippen molar-refractivity contribution >= 4 is 17.3 Å². The van der Waals surface area contributed by atoms with E-state index in [1.165, 1.54) is 6.07 Å². The number of rotatable bonds is 5. The lowest BCUT2D eigenvalue weighted by atomic mass is 10.1. The molecule has 0 amide bonds. The highest BCUT2D eigenvalue weighted by atomic mass is 16.4. The molecule has 0 radical (unpaired) electrons. The van der Waals surface area contributed by atoms with Crippen molar-refractivity contribution in [3.05, 3.63) is 47.9 Å². The summed E-state index contributed by atoms with van der Waals surface area (Å²) in [5, 5.41) is 12.3. The summed E-state index contributed by atoms with van der Waals surface area (Å²) < 4.78 is 5.26. The van der Waals surface area contributed by atoms with Crippen LogP contribution in [0.15, 0.2) is 41.0 Å². The zero-order chi connectivity index (χ0) is 13.8. The molecule has 0 aliphatic carbocycles. The smallest absolute Gasteiger partial charge is 0.337 e. The molecule has 0 fully saturated rings. The van der Waals surface area contributed by atoms with Gasteiger partial charge < -0.3 is 20.6 Å². The first-order chi connectivity index (χ1) is 9.06. The van der Waals surface area contributed by atoms with Gasteiger partial charge in [0.1, 0.15) is 5.76 Å². The van der Waals surface area contributed by atoms with Gasteiger partial charge in [0.2, 0.25) is 0 Å². The van der Waals surface area contributed by atoms with E-state index in [0.29, 0.717) is 17.8 Å². The number of aromatic carboxylic acids is 1. The first-order valence-electron chi connectivity index (χ1n) is 5.98. The van der Waals surface area contributed by atoms with E-state index < -0.39 is 5.97 Å². The molecule has 0 saturated heterocycles. The van der Waals surface area contributed by atoms with E-state index in [4.69, 9.17) is 15.3 Å². The highest BCUT2D eigenvalue weighted by Gasteiger charge is 2.13. The van der Waals surface area contributed by atoms with Crippen molar-refractivity contribution in [2.24, 2.45) is 0 Å². The lowest BCUT2D eigenvalue weighted by molar-refractivity contribution is 0.0698. The zero-order valence-corrected chi connectivity index (χ0v) is 10.6. The van der Waals surface area contributed by atoms with E-state index in [1.807, 2.05) is 19.1 Å². The SMILES string of the molecule is CC(Cc1ccco1)Nc1ccc(N)cc1C(=O)O. The third kappa shape index (κ3) is 3.28. The molecule has 100 valence electrons. The number of carboxylic acid groups (broad SMARTS) is 1. The molecule has 5 nitrogen and oxygen atoms in total. The highest BCUT2D eigenvalue weighted by molar-refractivity contribution is 5.95. The number of anilines is 2. The van der Waals surface area contributed by atoms with E-state index >= 15 is 0 Å². The molecule has 19 heavy (non-hydrogen) atoms. The molecule has 2 aromatic rings. The van der Waals surface area contributed by atoms with Crippen molar-refractivity contribution in [2.45, 2.75) is 19.4 Å². The van der Waals surface area contributed by atoms with Gasteiger partial charge in [0.25, 0.3) is 0 Å². The lowest BCUT2D eigenvalue weighted by Gasteiger charge is -2.16. The number of furan rings is 1. The van der Waals surface area contributed by atoms with Gasteiger partial charge in [-0.25, -0.2) is 4.79 Å². The Labute approximate surface area is 111 Å². The molecule has 2 rings (SSSR count). The Morgan fingerprint density at radius 1 is 1.47 bits per heavy atom. The number of carbonyl (C=O) groups is 1. The maximum Gasteiger partial charge on any atom is 0.337 e. The molecule has 1 unspecified atom stereocenters. The summed E-state index contributed by atoms with van der Waals surface area (Å²) in [7, 11) is 0. The van der Waals surface area contributed by atoms with Gasteiger partial charge in [-0.3, -0.25) is 0 Å². The van der Waals surface area contributed by atoms with Crippen LogP contribution in [-0.2, 0) is 6.42 Å². The Morgan fingerprint density at radius 3 is 2.89 bits per heavy atom. The average Bonchev–Trinajstić information content (AvgIpc) is 2.83. The molecule has 0 bridgehead atoms. The molecule has 1 atom stereocenters. The largest absolute Gasteiger partial charge is 0.478 e. The molecule has 0 saturated carbocycles. The van der Waals surface area contributed by atoms with Gasteiger partial charge in [-0.05, 0) is 37.3 Å². The van der Waals surface area contributed by atoms with Gasteiger partial charge in [-0.15, -0.1) is 0 Å². The van der Waals surface area contributed by atoms with E-state index in [2.05, 4.69) is 5.32 Å². The molecule has 1 aromatic carbocycles. The molecule has 0 spiro atoms. The number of carboxylic acids is 1. The summed E-state index contributed by atoms with van der Waals surface area (Å²) in [5.74, 6) is -0.146. The first kappa shape index (κ1) is 13.0. The van der Waals surface area contributed by atoms with Crippen molar-refractivity contribution in [1.82, 2.24) is 0 Å². The van der Waals surface area contributed by atoms with Gasteiger partial charge in [0.05, 0.1) is 11.8 Å². The van der Waals surface area contributed by atoms with Gasteiger partial charge in [-0.2, -0.15) is 0 Å². The highest BCUT2D eigenvalue weighted by Crippen LogP contribution is 2.20. The van der Waals surface area contributed by atoms with E-state index in [0.717, 1.165) is 5.76 Å². The predicted octanol–water partition coefficient (Wildman–Crippen LogP) is 2.60. The Morgan fingerprint density at radius 2 is 2.26 bits per heavy atom. The van der Waals surface area contributed by atoms with Crippen LogP contribution in [0.3, 0.4) is 0 Å². The van der Waals surface area contributed by atoms with Crippen molar-refractivity contribution in [1.29, 1.82) is 0 Å². The minimum absolute atomic E-state index is 0.0490. The van der Waals surface area contributed by atoms with Gasteiger partial charge in [-0.1, -0.05) is 0 Å². The number of nitrogens with two attached hydrogens (primary N) is 1. The molecule has 5 heteroatoms. The monoisotopic (exact) mass is 260 g/mol. The molecule has 4 N–H and O–H groups in total. The van der Waals surface area contributed by atoms with Crippen molar-refractivity contribution < 1.29 is 14.3 Å².